The second kappa shape index (κ2) is 6.09. The number of hydrogen-bond donors (Lipinski definition) is 2. The number of nitrogens with one attached hydrogen (secondary N) is 1. The Kier molecular flexibility index (Phi) is 4.47. The van der Waals surface area contributed by atoms with Crippen LogP contribution in [0.25, 0.3) is 0 Å². The van der Waals surface area contributed by atoms with Gasteiger partial charge in [-0.3, -0.25) is 9.78 Å². The number of rotatable bonds is 3. The van der Waals surface area contributed by atoms with Gasteiger partial charge in [0, 0.05) is 17.5 Å². The summed E-state index contributed by atoms with van der Waals surface area (Å²) in [6.45, 7) is 0. The molecular formula is C13H18N2O2S. The predicted octanol–water partition coefficient (Wildman–Crippen LogP) is 2.19. The molecular weight excluding hydrogens is 248 g/mol. The van der Waals surface area contributed by atoms with E-state index in [0.717, 1.165) is 30.9 Å². The van der Waals surface area contributed by atoms with E-state index in [2.05, 4.69) is 16.6 Å². The van der Waals surface area contributed by atoms with Crippen LogP contribution in [0.3, 0.4) is 0 Å². The molecule has 0 aromatic carbocycles. The first-order valence-electron chi connectivity index (χ1n) is 6.16. The Morgan fingerprint density at radius 1 is 1.39 bits per heavy atom. The fraction of sp³-hybridized carbons (Fsp3) is 0.538. The molecule has 2 rings (SSSR count). The number of hydrogen-bond acceptors (Lipinski definition) is 4. The Bertz CT molecular complexity index is 417. The lowest BCUT2D eigenvalue weighted by molar-refractivity contribution is 0.0927. The summed E-state index contributed by atoms with van der Waals surface area (Å²) in [6, 6.07) is 1.69. The van der Waals surface area contributed by atoms with Crippen molar-refractivity contribution in [2.24, 2.45) is 0 Å². The Labute approximate surface area is 111 Å². The van der Waals surface area contributed by atoms with Gasteiger partial charge < -0.3 is 10.4 Å². The summed E-state index contributed by atoms with van der Waals surface area (Å²) in [5.41, 5.74) is 0.419. The molecule has 1 fully saturated rings. The van der Waals surface area contributed by atoms with Crippen molar-refractivity contribution in [3.8, 4) is 5.75 Å². The summed E-state index contributed by atoms with van der Waals surface area (Å²) < 4.78 is 0. The van der Waals surface area contributed by atoms with E-state index >= 15 is 0 Å². The highest BCUT2D eigenvalue weighted by molar-refractivity contribution is 7.99. The van der Waals surface area contributed by atoms with Gasteiger partial charge in [0.25, 0.3) is 5.91 Å². The topological polar surface area (TPSA) is 62.2 Å². The molecule has 0 unspecified atom stereocenters. The van der Waals surface area contributed by atoms with Crippen LogP contribution >= 0.6 is 11.8 Å². The number of nitrogens with zero attached hydrogens (tertiary/aromatic N) is 1. The van der Waals surface area contributed by atoms with Gasteiger partial charge in [0.1, 0.15) is 5.75 Å². The Morgan fingerprint density at radius 2 is 2.11 bits per heavy atom. The molecule has 1 aliphatic carbocycles. The van der Waals surface area contributed by atoms with E-state index < -0.39 is 0 Å². The van der Waals surface area contributed by atoms with Crippen molar-refractivity contribution in [2.45, 2.75) is 37.0 Å². The normalized spacial score (nSPS) is 23.6. The number of amides is 1. The van der Waals surface area contributed by atoms with Crippen molar-refractivity contribution in [1.82, 2.24) is 10.3 Å². The molecule has 1 aromatic heterocycles. The van der Waals surface area contributed by atoms with E-state index in [4.69, 9.17) is 0 Å². The van der Waals surface area contributed by atoms with E-state index in [1.165, 1.54) is 18.5 Å². The third kappa shape index (κ3) is 3.38. The Balaban J connectivity index is 1.89. The second-order valence-electron chi connectivity index (χ2n) is 4.61. The molecule has 18 heavy (non-hydrogen) atoms. The molecule has 0 saturated heterocycles. The first-order valence-corrected chi connectivity index (χ1v) is 7.45. The second-order valence-corrected chi connectivity index (χ2v) is 5.75. The molecule has 98 valence electrons. The first kappa shape index (κ1) is 13.2. The van der Waals surface area contributed by atoms with Gasteiger partial charge in [-0.05, 0) is 38.0 Å². The molecule has 0 radical (unpaired) electrons. The van der Waals surface area contributed by atoms with E-state index in [1.807, 2.05) is 11.8 Å². The average Bonchev–Trinajstić information content (AvgIpc) is 2.39. The maximum absolute atomic E-state index is 11.9. The van der Waals surface area contributed by atoms with Gasteiger partial charge in [-0.1, -0.05) is 0 Å². The van der Waals surface area contributed by atoms with Crippen LogP contribution in [0.2, 0.25) is 0 Å². The minimum absolute atomic E-state index is 0.0220. The molecule has 0 aliphatic heterocycles. The van der Waals surface area contributed by atoms with Gasteiger partial charge in [0.2, 0.25) is 0 Å². The van der Waals surface area contributed by atoms with Crippen LogP contribution in [-0.4, -0.2) is 33.5 Å². The van der Waals surface area contributed by atoms with E-state index in [-0.39, 0.29) is 17.7 Å². The third-order valence-corrected chi connectivity index (χ3v) is 4.47. The largest absolute Gasteiger partial charge is 0.506 e. The fourth-order valence-electron chi connectivity index (χ4n) is 2.26. The minimum Gasteiger partial charge on any atom is -0.506 e. The molecule has 0 atom stereocenters. The number of thioether (sulfide) groups is 1. The zero-order chi connectivity index (χ0) is 13.0. The maximum Gasteiger partial charge on any atom is 0.253 e. The number of aromatic hydroxyl groups is 1. The molecule has 1 amide bonds. The minimum atomic E-state index is -0.147. The molecule has 4 nitrogen and oxygen atoms in total. The van der Waals surface area contributed by atoms with Crippen LogP contribution in [0.4, 0.5) is 0 Å². The van der Waals surface area contributed by atoms with Gasteiger partial charge >= 0.3 is 0 Å². The third-order valence-electron chi connectivity index (χ3n) is 3.33. The standard InChI is InChI=1S/C13H18N2O2S/c1-18-12-4-2-10(3-5-12)15-13(17)9-6-11(16)8-14-7-9/h6-8,10,12,16H,2-5H2,1H3,(H,15,17). The van der Waals surface area contributed by atoms with E-state index in [9.17, 15) is 9.90 Å². The molecule has 1 heterocycles. The van der Waals surface area contributed by atoms with Crippen molar-refractivity contribution in [1.29, 1.82) is 0 Å². The lowest BCUT2D eigenvalue weighted by Crippen LogP contribution is -2.38. The van der Waals surface area contributed by atoms with Crippen LogP contribution in [0.1, 0.15) is 36.0 Å². The summed E-state index contributed by atoms with van der Waals surface area (Å²) in [5.74, 6) is -0.125. The molecule has 1 saturated carbocycles. The summed E-state index contributed by atoms with van der Waals surface area (Å²) in [4.78, 5) is 15.8. The predicted molar refractivity (Wildman–Crippen MR) is 72.9 cm³/mol. The summed E-state index contributed by atoms with van der Waals surface area (Å²) in [5, 5.41) is 13.0. The fourth-order valence-corrected chi connectivity index (χ4v) is 3.01. The first-order chi connectivity index (χ1) is 8.69. The number of pyridine rings is 1. The van der Waals surface area contributed by atoms with Crippen LogP contribution in [0.5, 0.6) is 5.75 Å². The van der Waals surface area contributed by atoms with E-state index in [0.29, 0.717) is 5.56 Å². The van der Waals surface area contributed by atoms with Crippen LogP contribution in [-0.2, 0) is 0 Å². The lowest BCUT2D eigenvalue weighted by atomic mass is 9.95. The highest BCUT2D eigenvalue weighted by atomic mass is 32.2. The van der Waals surface area contributed by atoms with Gasteiger partial charge in [-0.25, -0.2) is 0 Å². The average molecular weight is 266 g/mol. The lowest BCUT2D eigenvalue weighted by Gasteiger charge is -2.28. The molecule has 5 heteroatoms. The quantitative estimate of drug-likeness (QED) is 0.880. The maximum atomic E-state index is 11.9. The monoisotopic (exact) mass is 266 g/mol. The Hall–Kier alpha value is -1.23. The number of carbonyl (C=O) groups excluding carboxylic acids is 1. The van der Waals surface area contributed by atoms with Crippen LogP contribution < -0.4 is 5.32 Å². The zero-order valence-electron chi connectivity index (χ0n) is 10.4. The van der Waals surface area contributed by atoms with Gasteiger partial charge in [0.05, 0.1) is 11.8 Å². The van der Waals surface area contributed by atoms with Crippen molar-refractivity contribution in [3.63, 3.8) is 0 Å². The number of carbonyl (C=O) groups is 1. The van der Waals surface area contributed by atoms with Crippen molar-refractivity contribution in [2.75, 3.05) is 6.26 Å². The van der Waals surface area contributed by atoms with Crippen molar-refractivity contribution >= 4 is 17.7 Å². The Morgan fingerprint density at radius 3 is 2.72 bits per heavy atom. The van der Waals surface area contributed by atoms with Gasteiger partial charge in [-0.15, -0.1) is 0 Å². The SMILES string of the molecule is CSC1CCC(NC(=O)c2cncc(O)c2)CC1. The molecule has 1 aromatic rings. The van der Waals surface area contributed by atoms with Gasteiger partial charge in [0.15, 0.2) is 0 Å². The number of aromatic nitrogens is 1. The summed E-state index contributed by atoms with van der Waals surface area (Å²) in [6.07, 6.45) is 9.31. The smallest absolute Gasteiger partial charge is 0.253 e. The van der Waals surface area contributed by atoms with Crippen molar-refractivity contribution < 1.29 is 9.90 Å². The van der Waals surface area contributed by atoms with Crippen molar-refractivity contribution in [3.05, 3.63) is 24.0 Å². The highest BCUT2D eigenvalue weighted by Crippen LogP contribution is 2.27. The van der Waals surface area contributed by atoms with Crippen LogP contribution in [0.15, 0.2) is 18.5 Å². The molecule has 0 bridgehead atoms. The molecule has 1 aliphatic rings. The molecule has 2 N–H and O–H groups in total. The molecule has 0 spiro atoms. The highest BCUT2D eigenvalue weighted by Gasteiger charge is 2.22. The zero-order valence-corrected chi connectivity index (χ0v) is 11.2. The summed E-state index contributed by atoms with van der Waals surface area (Å²) >= 11 is 1.91. The van der Waals surface area contributed by atoms with Crippen LogP contribution in [0, 0.1) is 0 Å². The van der Waals surface area contributed by atoms with Gasteiger partial charge in [-0.2, -0.15) is 11.8 Å². The van der Waals surface area contributed by atoms with E-state index in [1.54, 1.807) is 0 Å². The summed E-state index contributed by atoms with van der Waals surface area (Å²) in [7, 11) is 0.